The largest absolute Gasteiger partial charge is 0.457 e. The van der Waals surface area contributed by atoms with Crippen LogP contribution in [0.15, 0.2) is 42.5 Å². The normalized spacial score (nSPS) is 15.1. The minimum atomic E-state index is 0.417. The number of ether oxygens (including phenoxy) is 1. The monoisotopic (exact) mass is 326 g/mol. The molecular formula is C19H19ClN2O. The van der Waals surface area contributed by atoms with Crippen LogP contribution in [0.4, 0.5) is 0 Å². The lowest BCUT2D eigenvalue weighted by Crippen LogP contribution is -2.28. The van der Waals surface area contributed by atoms with Crippen LogP contribution in [-0.4, -0.2) is 13.1 Å². The van der Waals surface area contributed by atoms with Gasteiger partial charge in [0.25, 0.3) is 0 Å². The average Bonchev–Trinajstić information content (AvgIpc) is 2.58. The number of nitriles is 1. The molecule has 2 aromatic carbocycles. The highest BCUT2D eigenvalue weighted by molar-refractivity contribution is 6.31. The summed E-state index contributed by atoms with van der Waals surface area (Å²) in [5.74, 6) is 2.23. The predicted octanol–water partition coefficient (Wildman–Crippen LogP) is 4.55. The minimum absolute atomic E-state index is 0.417. The van der Waals surface area contributed by atoms with Gasteiger partial charge in [-0.2, -0.15) is 5.26 Å². The van der Waals surface area contributed by atoms with E-state index in [0.29, 0.717) is 22.3 Å². The van der Waals surface area contributed by atoms with Gasteiger partial charge in [0.15, 0.2) is 0 Å². The van der Waals surface area contributed by atoms with Crippen LogP contribution >= 0.6 is 11.6 Å². The summed E-state index contributed by atoms with van der Waals surface area (Å²) in [6.45, 7) is 2.19. The summed E-state index contributed by atoms with van der Waals surface area (Å²) in [5, 5.41) is 12.8. The highest BCUT2D eigenvalue weighted by Crippen LogP contribution is 2.31. The fourth-order valence-electron chi connectivity index (χ4n) is 2.95. The Morgan fingerprint density at radius 3 is 2.70 bits per heavy atom. The Morgan fingerprint density at radius 1 is 1.17 bits per heavy atom. The Labute approximate surface area is 141 Å². The van der Waals surface area contributed by atoms with E-state index in [4.69, 9.17) is 21.6 Å². The van der Waals surface area contributed by atoms with Gasteiger partial charge in [-0.25, -0.2) is 0 Å². The first kappa shape index (κ1) is 15.9. The molecule has 0 spiro atoms. The molecule has 1 fully saturated rings. The first-order chi connectivity index (χ1) is 11.3. The smallest absolute Gasteiger partial charge is 0.130 e. The topological polar surface area (TPSA) is 45.0 Å². The second-order valence-corrected chi connectivity index (χ2v) is 6.27. The highest BCUT2D eigenvalue weighted by Gasteiger charge is 2.16. The maximum Gasteiger partial charge on any atom is 0.130 e. The van der Waals surface area contributed by atoms with E-state index < -0.39 is 0 Å². The molecule has 1 N–H and O–H groups in total. The van der Waals surface area contributed by atoms with Crippen molar-refractivity contribution in [3.63, 3.8) is 0 Å². The number of rotatable bonds is 4. The van der Waals surface area contributed by atoms with Crippen LogP contribution in [0.5, 0.6) is 11.5 Å². The summed E-state index contributed by atoms with van der Waals surface area (Å²) in [5.41, 5.74) is 1.68. The molecule has 2 aromatic rings. The maximum absolute atomic E-state index is 8.95. The molecule has 0 aromatic heterocycles. The summed E-state index contributed by atoms with van der Waals surface area (Å²) in [4.78, 5) is 0. The Hall–Kier alpha value is -2.02. The summed E-state index contributed by atoms with van der Waals surface area (Å²) in [7, 11) is 0. The highest BCUT2D eigenvalue weighted by atomic mass is 35.5. The van der Waals surface area contributed by atoms with Gasteiger partial charge < -0.3 is 10.1 Å². The van der Waals surface area contributed by atoms with Crippen molar-refractivity contribution in [2.24, 2.45) is 5.92 Å². The molecule has 0 atom stereocenters. The lowest BCUT2D eigenvalue weighted by atomic mass is 9.90. The van der Waals surface area contributed by atoms with Crippen LogP contribution in [0.2, 0.25) is 5.02 Å². The molecule has 1 saturated heterocycles. The molecule has 1 aliphatic rings. The first-order valence-corrected chi connectivity index (χ1v) is 8.30. The number of piperidine rings is 1. The Balaban J connectivity index is 1.77. The van der Waals surface area contributed by atoms with Crippen molar-refractivity contribution in [2.45, 2.75) is 19.3 Å². The van der Waals surface area contributed by atoms with Crippen molar-refractivity contribution in [3.8, 4) is 17.6 Å². The number of benzene rings is 2. The van der Waals surface area contributed by atoms with Gasteiger partial charge in [-0.1, -0.05) is 29.8 Å². The molecule has 0 unspecified atom stereocenters. The van der Waals surface area contributed by atoms with Crippen LogP contribution in [0.3, 0.4) is 0 Å². The van der Waals surface area contributed by atoms with Crippen LogP contribution in [-0.2, 0) is 6.42 Å². The second kappa shape index (κ2) is 7.50. The molecule has 0 aliphatic carbocycles. The molecule has 118 valence electrons. The third-order valence-electron chi connectivity index (χ3n) is 4.23. The number of para-hydroxylation sites is 1. The summed E-state index contributed by atoms with van der Waals surface area (Å²) in [6, 6.07) is 15.4. The molecule has 0 radical (unpaired) electrons. The molecule has 23 heavy (non-hydrogen) atoms. The molecule has 3 nitrogen and oxygen atoms in total. The zero-order valence-corrected chi connectivity index (χ0v) is 13.6. The van der Waals surface area contributed by atoms with E-state index in [2.05, 4.69) is 23.5 Å². The maximum atomic E-state index is 8.95. The molecule has 1 heterocycles. The Morgan fingerprint density at radius 2 is 1.96 bits per heavy atom. The van der Waals surface area contributed by atoms with Gasteiger partial charge >= 0.3 is 0 Å². The van der Waals surface area contributed by atoms with Crippen LogP contribution < -0.4 is 10.1 Å². The van der Waals surface area contributed by atoms with Crippen LogP contribution in [0.25, 0.3) is 0 Å². The van der Waals surface area contributed by atoms with E-state index in [1.807, 2.05) is 12.1 Å². The van der Waals surface area contributed by atoms with Gasteiger partial charge in [0, 0.05) is 6.07 Å². The summed E-state index contributed by atoms with van der Waals surface area (Å²) >= 11 is 6.08. The van der Waals surface area contributed by atoms with Crippen LogP contribution in [0, 0.1) is 17.2 Å². The fourth-order valence-corrected chi connectivity index (χ4v) is 3.16. The molecule has 4 heteroatoms. The molecular weight excluding hydrogens is 308 g/mol. The van der Waals surface area contributed by atoms with Crippen molar-refractivity contribution in [3.05, 3.63) is 58.6 Å². The third kappa shape index (κ3) is 4.04. The summed E-state index contributed by atoms with van der Waals surface area (Å²) < 4.78 is 6.02. The van der Waals surface area contributed by atoms with E-state index in [1.54, 1.807) is 18.2 Å². The lowest BCUT2D eigenvalue weighted by molar-refractivity contribution is 0.367. The Kier molecular flexibility index (Phi) is 5.17. The van der Waals surface area contributed by atoms with Gasteiger partial charge in [0.1, 0.15) is 17.6 Å². The third-order valence-corrected chi connectivity index (χ3v) is 4.54. The van der Waals surface area contributed by atoms with Crippen molar-refractivity contribution in [2.75, 3.05) is 13.1 Å². The zero-order chi connectivity index (χ0) is 16.1. The SMILES string of the molecule is N#Cc1ccc(Oc2ccccc2CC2CCNCC2)cc1Cl. The second-order valence-electron chi connectivity index (χ2n) is 5.86. The van der Waals surface area contributed by atoms with E-state index in [-0.39, 0.29) is 0 Å². The van der Waals surface area contributed by atoms with Gasteiger partial charge in [0.05, 0.1) is 10.6 Å². The van der Waals surface area contributed by atoms with E-state index >= 15 is 0 Å². The standard InChI is InChI=1S/C19H19ClN2O/c20-18-12-17(6-5-16(18)13-21)23-19-4-2-1-3-15(19)11-14-7-9-22-10-8-14/h1-6,12,14,22H,7-11H2. The molecule has 1 aliphatic heterocycles. The van der Waals surface area contributed by atoms with Gasteiger partial charge in [-0.15, -0.1) is 0 Å². The zero-order valence-electron chi connectivity index (χ0n) is 12.9. The van der Waals surface area contributed by atoms with E-state index in [9.17, 15) is 0 Å². The van der Waals surface area contributed by atoms with Crippen LogP contribution in [0.1, 0.15) is 24.0 Å². The van der Waals surface area contributed by atoms with Gasteiger partial charge in [-0.3, -0.25) is 0 Å². The minimum Gasteiger partial charge on any atom is -0.457 e. The molecule has 0 saturated carbocycles. The number of hydrogen-bond donors (Lipinski definition) is 1. The molecule has 0 amide bonds. The van der Waals surface area contributed by atoms with Crippen molar-refractivity contribution >= 4 is 11.6 Å². The Bertz CT molecular complexity index is 718. The predicted molar refractivity (Wildman–Crippen MR) is 92.0 cm³/mol. The fraction of sp³-hybridized carbons (Fsp3) is 0.316. The number of nitrogens with zero attached hydrogens (tertiary/aromatic N) is 1. The molecule has 0 bridgehead atoms. The quantitative estimate of drug-likeness (QED) is 0.896. The average molecular weight is 327 g/mol. The number of halogens is 1. The van der Waals surface area contributed by atoms with E-state index in [1.165, 1.54) is 18.4 Å². The first-order valence-electron chi connectivity index (χ1n) is 7.92. The lowest BCUT2D eigenvalue weighted by Gasteiger charge is -2.23. The van der Waals surface area contributed by atoms with Crippen molar-refractivity contribution < 1.29 is 4.74 Å². The van der Waals surface area contributed by atoms with Gasteiger partial charge in [-0.05, 0) is 62.0 Å². The number of nitrogens with one attached hydrogen (secondary N) is 1. The van der Waals surface area contributed by atoms with Crippen molar-refractivity contribution in [1.82, 2.24) is 5.32 Å². The van der Waals surface area contributed by atoms with Gasteiger partial charge in [0.2, 0.25) is 0 Å². The molecule has 3 rings (SSSR count). The van der Waals surface area contributed by atoms with Crippen molar-refractivity contribution in [1.29, 1.82) is 5.26 Å². The summed E-state index contributed by atoms with van der Waals surface area (Å²) in [6.07, 6.45) is 3.44. The van der Waals surface area contributed by atoms with E-state index in [0.717, 1.165) is 25.3 Å². The number of hydrogen-bond acceptors (Lipinski definition) is 3.